The van der Waals surface area contributed by atoms with E-state index in [9.17, 15) is 0 Å². The first-order chi connectivity index (χ1) is 5.70. The summed E-state index contributed by atoms with van der Waals surface area (Å²) in [5.74, 6) is 1.91. The first-order valence-corrected chi connectivity index (χ1v) is 4.93. The van der Waals surface area contributed by atoms with Crippen LogP contribution in [0.15, 0.2) is 0 Å². The van der Waals surface area contributed by atoms with E-state index in [-0.39, 0.29) is 0 Å². The maximum absolute atomic E-state index is 5.74. The molecule has 2 rings (SSSR count). The van der Waals surface area contributed by atoms with Crippen LogP contribution in [0.25, 0.3) is 0 Å². The number of ether oxygens (including phenoxy) is 2. The molecule has 0 saturated carbocycles. The molecule has 0 radical (unpaired) electrons. The van der Waals surface area contributed by atoms with Gasteiger partial charge in [-0.3, -0.25) is 0 Å². The molecule has 2 heterocycles. The van der Waals surface area contributed by atoms with E-state index in [4.69, 9.17) is 9.47 Å². The molecular formula is C10H18O2. The molecule has 0 unspecified atom stereocenters. The predicted molar refractivity (Wildman–Crippen MR) is 47.0 cm³/mol. The van der Waals surface area contributed by atoms with Gasteiger partial charge in [0.15, 0.2) is 0 Å². The molecular weight excluding hydrogens is 152 g/mol. The molecule has 4 atom stereocenters. The van der Waals surface area contributed by atoms with Gasteiger partial charge in [-0.15, -0.1) is 0 Å². The maximum atomic E-state index is 5.74. The highest BCUT2D eigenvalue weighted by atomic mass is 16.6. The summed E-state index contributed by atoms with van der Waals surface area (Å²) in [5, 5.41) is 0. The zero-order chi connectivity index (χ0) is 8.72. The van der Waals surface area contributed by atoms with E-state index in [1.165, 1.54) is 0 Å². The average molecular weight is 170 g/mol. The lowest BCUT2D eigenvalue weighted by molar-refractivity contribution is 0.0549. The largest absolute Gasteiger partial charge is 0.375 e. The molecule has 2 aliphatic rings. The normalized spacial score (nSPS) is 47.0. The van der Waals surface area contributed by atoms with Crippen LogP contribution in [0.3, 0.4) is 0 Å². The molecule has 2 nitrogen and oxygen atoms in total. The minimum absolute atomic E-state index is 0.386. The lowest BCUT2D eigenvalue weighted by atomic mass is 9.89. The number of hydrogen-bond donors (Lipinski definition) is 0. The summed E-state index contributed by atoms with van der Waals surface area (Å²) in [6, 6.07) is 0. The molecule has 0 aromatic rings. The van der Waals surface area contributed by atoms with Gasteiger partial charge in [0.25, 0.3) is 0 Å². The van der Waals surface area contributed by atoms with Crippen molar-refractivity contribution in [1.29, 1.82) is 0 Å². The molecule has 2 aliphatic heterocycles. The van der Waals surface area contributed by atoms with Gasteiger partial charge in [-0.05, 0) is 5.92 Å². The Balaban J connectivity index is 2.05. The van der Waals surface area contributed by atoms with Crippen LogP contribution >= 0.6 is 0 Å². The monoisotopic (exact) mass is 170 g/mol. The Morgan fingerprint density at radius 1 is 1.08 bits per heavy atom. The first-order valence-electron chi connectivity index (χ1n) is 4.93. The number of rotatable bonds is 1. The molecule has 2 heteroatoms. The van der Waals surface area contributed by atoms with Crippen molar-refractivity contribution in [3.05, 3.63) is 0 Å². The van der Waals surface area contributed by atoms with Gasteiger partial charge in [-0.2, -0.15) is 0 Å². The third kappa shape index (κ3) is 1.17. The molecule has 0 aromatic carbocycles. The Morgan fingerprint density at radius 3 is 2.42 bits per heavy atom. The van der Waals surface area contributed by atoms with Crippen LogP contribution in [-0.2, 0) is 9.47 Å². The van der Waals surface area contributed by atoms with Crippen LogP contribution in [0.5, 0.6) is 0 Å². The van der Waals surface area contributed by atoms with Gasteiger partial charge in [0.05, 0.1) is 25.4 Å². The Hall–Kier alpha value is -0.0800. The third-order valence-electron chi connectivity index (χ3n) is 3.20. The van der Waals surface area contributed by atoms with E-state index in [2.05, 4.69) is 20.8 Å². The quantitative estimate of drug-likeness (QED) is 0.596. The molecule has 0 amide bonds. The number of hydrogen-bond acceptors (Lipinski definition) is 2. The van der Waals surface area contributed by atoms with Gasteiger partial charge in [0.2, 0.25) is 0 Å². The summed E-state index contributed by atoms with van der Waals surface area (Å²) in [7, 11) is 0. The van der Waals surface area contributed by atoms with E-state index >= 15 is 0 Å². The fourth-order valence-corrected chi connectivity index (χ4v) is 2.29. The minimum Gasteiger partial charge on any atom is -0.375 e. The summed E-state index contributed by atoms with van der Waals surface area (Å²) in [6.45, 7) is 8.51. The van der Waals surface area contributed by atoms with Crippen LogP contribution in [0.1, 0.15) is 20.8 Å². The predicted octanol–water partition coefficient (Wildman–Crippen LogP) is 1.69. The van der Waals surface area contributed by atoms with Crippen molar-refractivity contribution in [2.24, 2.45) is 17.8 Å². The van der Waals surface area contributed by atoms with Crippen LogP contribution in [0.4, 0.5) is 0 Å². The minimum atomic E-state index is 0.386. The molecule has 2 saturated heterocycles. The lowest BCUT2D eigenvalue weighted by Gasteiger charge is -2.19. The zero-order valence-electron chi connectivity index (χ0n) is 8.12. The molecule has 12 heavy (non-hydrogen) atoms. The van der Waals surface area contributed by atoms with Crippen molar-refractivity contribution in [3.63, 3.8) is 0 Å². The highest BCUT2D eigenvalue weighted by molar-refractivity contribution is 4.93. The maximum Gasteiger partial charge on any atom is 0.0892 e. The molecule has 0 spiro atoms. The smallest absolute Gasteiger partial charge is 0.0892 e. The van der Waals surface area contributed by atoms with Gasteiger partial charge < -0.3 is 9.47 Å². The molecule has 70 valence electrons. The van der Waals surface area contributed by atoms with Crippen molar-refractivity contribution in [3.8, 4) is 0 Å². The average Bonchev–Trinajstić information content (AvgIpc) is 2.53. The summed E-state index contributed by atoms with van der Waals surface area (Å²) >= 11 is 0. The van der Waals surface area contributed by atoms with E-state index in [0.29, 0.717) is 30.0 Å². The lowest BCUT2D eigenvalue weighted by Crippen LogP contribution is -2.27. The van der Waals surface area contributed by atoms with Gasteiger partial charge >= 0.3 is 0 Å². The summed E-state index contributed by atoms with van der Waals surface area (Å²) < 4.78 is 11.5. The van der Waals surface area contributed by atoms with Gasteiger partial charge in [0.1, 0.15) is 0 Å². The van der Waals surface area contributed by atoms with Crippen molar-refractivity contribution in [2.45, 2.75) is 33.0 Å². The Bertz CT molecular complexity index is 167. The first kappa shape index (κ1) is 8.52. The van der Waals surface area contributed by atoms with E-state index in [1.807, 2.05) is 0 Å². The zero-order valence-corrected chi connectivity index (χ0v) is 8.12. The highest BCUT2D eigenvalue weighted by Gasteiger charge is 2.46. The second-order valence-electron chi connectivity index (χ2n) is 4.48. The summed E-state index contributed by atoms with van der Waals surface area (Å²) in [6.07, 6.45) is 0.775. The van der Waals surface area contributed by atoms with Crippen molar-refractivity contribution in [2.75, 3.05) is 13.2 Å². The van der Waals surface area contributed by atoms with Crippen LogP contribution in [0, 0.1) is 17.8 Å². The molecule has 0 N–H and O–H groups in total. The van der Waals surface area contributed by atoms with E-state index in [0.717, 1.165) is 13.2 Å². The van der Waals surface area contributed by atoms with Crippen molar-refractivity contribution in [1.82, 2.24) is 0 Å². The molecule has 0 bridgehead atoms. The summed E-state index contributed by atoms with van der Waals surface area (Å²) in [4.78, 5) is 0. The topological polar surface area (TPSA) is 18.5 Å². The number of fused-ring (bicyclic) bond motifs is 1. The fraction of sp³-hybridized carbons (Fsp3) is 1.00. The van der Waals surface area contributed by atoms with Gasteiger partial charge in [-0.1, -0.05) is 20.8 Å². The van der Waals surface area contributed by atoms with Gasteiger partial charge in [-0.25, -0.2) is 0 Å². The van der Waals surface area contributed by atoms with Gasteiger partial charge in [0, 0.05) is 11.8 Å². The van der Waals surface area contributed by atoms with Crippen molar-refractivity contribution >= 4 is 0 Å². The Labute approximate surface area is 74.2 Å². The fourth-order valence-electron chi connectivity index (χ4n) is 2.29. The second kappa shape index (κ2) is 3.00. The van der Waals surface area contributed by atoms with E-state index < -0.39 is 0 Å². The molecule has 2 fully saturated rings. The van der Waals surface area contributed by atoms with Crippen LogP contribution < -0.4 is 0 Å². The highest BCUT2D eigenvalue weighted by Crippen LogP contribution is 2.37. The molecule has 0 aromatic heterocycles. The van der Waals surface area contributed by atoms with Crippen molar-refractivity contribution < 1.29 is 9.47 Å². The summed E-state index contributed by atoms with van der Waals surface area (Å²) in [5.41, 5.74) is 0. The second-order valence-corrected chi connectivity index (χ2v) is 4.48. The Morgan fingerprint density at radius 2 is 1.75 bits per heavy atom. The van der Waals surface area contributed by atoms with Crippen LogP contribution in [-0.4, -0.2) is 25.4 Å². The third-order valence-corrected chi connectivity index (χ3v) is 3.20. The Kier molecular flexibility index (Phi) is 2.13. The van der Waals surface area contributed by atoms with Crippen LogP contribution in [0.2, 0.25) is 0 Å². The SMILES string of the molecule is CC(C)[C@H]1CO[C@@H]2[C@H]1OC[C@H]2C. The van der Waals surface area contributed by atoms with E-state index in [1.54, 1.807) is 0 Å². The molecule has 0 aliphatic carbocycles. The standard InChI is InChI=1S/C10H18O2/c1-6(2)8-5-12-9-7(3)4-11-10(8)9/h6-10H,4-5H2,1-3H3/t7-,8-,9+,10+/m1/s1.